The van der Waals surface area contributed by atoms with Crippen LogP contribution in [-0.2, 0) is 0 Å². The van der Waals surface area contributed by atoms with Gasteiger partial charge in [0.25, 0.3) is 0 Å². The van der Waals surface area contributed by atoms with Crippen molar-refractivity contribution in [1.82, 2.24) is 4.90 Å². The fraction of sp³-hybridized carbons (Fsp3) is 0.308. The van der Waals surface area contributed by atoms with Crippen LogP contribution in [0.3, 0.4) is 0 Å². The molecule has 1 heterocycles. The summed E-state index contributed by atoms with van der Waals surface area (Å²) in [6.07, 6.45) is 2.82. The van der Waals surface area contributed by atoms with E-state index in [1.165, 1.54) is 24.0 Å². The van der Waals surface area contributed by atoms with Crippen LogP contribution in [0.2, 0.25) is 0 Å². The molecule has 1 aliphatic carbocycles. The van der Waals surface area contributed by atoms with E-state index in [0.717, 1.165) is 37.1 Å². The zero-order valence-electron chi connectivity index (χ0n) is 16.6. The first-order chi connectivity index (χ1) is 14.3. The Kier molecular flexibility index (Phi) is 5.23. The predicted octanol–water partition coefficient (Wildman–Crippen LogP) is 5.33. The van der Waals surface area contributed by atoms with Gasteiger partial charge in [0, 0.05) is 19.2 Å². The second kappa shape index (κ2) is 8.30. The van der Waals surface area contributed by atoms with Gasteiger partial charge >= 0.3 is 0 Å². The van der Waals surface area contributed by atoms with Crippen molar-refractivity contribution >= 4 is 0 Å². The molecule has 0 spiro atoms. The fourth-order valence-electron chi connectivity index (χ4n) is 3.97. The highest BCUT2D eigenvalue weighted by Gasteiger charge is 2.35. The minimum atomic E-state index is 0.212. The standard InChI is InChI=1S/C26H27NO2/c1-3-8-21(9-4-1)26(22-10-5-2-6-11-22)27-17-25(18-27)29-24-13-7-12-23(16-24)28-19-20-14-15-20/h1-13,16,20,25-26H,14-15,17-19H2. The van der Waals surface area contributed by atoms with Crippen molar-refractivity contribution in [3.05, 3.63) is 96.1 Å². The number of hydrogen-bond acceptors (Lipinski definition) is 3. The monoisotopic (exact) mass is 385 g/mol. The molecule has 1 aliphatic heterocycles. The number of rotatable bonds is 8. The normalized spacial score (nSPS) is 17.1. The molecule has 29 heavy (non-hydrogen) atoms. The first-order valence-electron chi connectivity index (χ1n) is 10.6. The van der Waals surface area contributed by atoms with Crippen molar-refractivity contribution in [2.24, 2.45) is 5.92 Å². The molecule has 1 saturated carbocycles. The molecule has 148 valence electrons. The Hall–Kier alpha value is -2.78. The minimum Gasteiger partial charge on any atom is -0.493 e. The van der Waals surface area contributed by atoms with Crippen molar-refractivity contribution in [2.45, 2.75) is 25.0 Å². The van der Waals surface area contributed by atoms with E-state index in [1.54, 1.807) is 0 Å². The van der Waals surface area contributed by atoms with Crippen LogP contribution in [0.1, 0.15) is 30.0 Å². The van der Waals surface area contributed by atoms with E-state index in [9.17, 15) is 0 Å². The summed E-state index contributed by atoms with van der Waals surface area (Å²) in [6, 6.07) is 29.8. The van der Waals surface area contributed by atoms with Crippen molar-refractivity contribution < 1.29 is 9.47 Å². The Bertz CT molecular complexity index is 878. The number of nitrogens with zero attached hydrogens (tertiary/aromatic N) is 1. The van der Waals surface area contributed by atoms with Crippen molar-refractivity contribution in [3.8, 4) is 11.5 Å². The van der Waals surface area contributed by atoms with Gasteiger partial charge in [0.2, 0.25) is 0 Å². The lowest BCUT2D eigenvalue weighted by molar-refractivity contribution is 0.000177. The van der Waals surface area contributed by atoms with Crippen LogP contribution < -0.4 is 9.47 Å². The molecular weight excluding hydrogens is 358 g/mol. The van der Waals surface area contributed by atoms with Crippen LogP contribution in [0.5, 0.6) is 11.5 Å². The van der Waals surface area contributed by atoms with Gasteiger partial charge in [0.15, 0.2) is 0 Å². The molecule has 2 fully saturated rings. The highest BCUT2D eigenvalue weighted by molar-refractivity contribution is 5.34. The van der Waals surface area contributed by atoms with E-state index < -0.39 is 0 Å². The zero-order valence-corrected chi connectivity index (χ0v) is 16.6. The molecule has 0 radical (unpaired) electrons. The molecular formula is C26H27NO2. The smallest absolute Gasteiger partial charge is 0.124 e. The topological polar surface area (TPSA) is 21.7 Å². The Morgan fingerprint density at radius 1 is 0.759 bits per heavy atom. The average molecular weight is 386 g/mol. The molecule has 0 bridgehead atoms. The quantitative estimate of drug-likeness (QED) is 0.523. The maximum atomic E-state index is 6.24. The highest BCUT2D eigenvalue weighted by atomic mass is 16.5. The van der Waals surface area contributed by atoms with Gasteiger partial charge in [0.1, 0.15) is 17.6 Å². The van der Waals surface area contributed by atoms with E-state index in [2.05, 4.69) is 65.6 Å². The molecule has 3 heteroatoms. The Morgan fingerprint density at radius 3 is 2.00 bits per heavy atom. The summed E-state index contributed by atoms with van der Waals surface area (Å²) in [5.74, 6) is 2.57. The van der Waals surface area contributed by atoms with Crippen LogP contribution in [0.15, 0.2) is 84.9 Å². The van der Waals surface area contributed by atoms with E-state index in [-0.39, 0.29) is 12.1 Å². The van der Waals surface area contributed by atoms with Crippen LogP contribution in [0.25, 0.3) is 0 Å². The van der Waals surface area contributed by atoms with Gasteiger partial charge in [-0.2, -0.15) is 0 Å². The molecule has 0 N–H and O–H groups in total. The summed E-state index contributed by atoms with van der Waals surface area (Å²) in [5, 5.41) is 0. The third-order valence-electron chi connectivity index (χ3n) is 5.76. The Balaban J connectivity index is 1.23. The highest BCUT2D eigenvalue weighted by Crippen LogP contribution is 2.34. The summed E-state index contributed by atoms with van der Waals surface area (Å²) >= 11 is 0. The SMILES string of the molecule is c1ccc(C(c2ccccc2)N2CC(Oc3cccc(OCC4CC4)c3)C2)cc1. The van der Waals surface area contributed by atoms with Gasteiger partial charge < -0.3 is 9.47 Å². The third-order valence-corrected chi connectivity index (χ3v) is 5.76. The lowest BCUT2D eigenvalue weighted by Gasteiger charge is -2.44. The third kappa shape index (κ3) is 4.46. The Morgan fingerprint density at radius 2 is 1.38 bits per heavy atom. The maximum absolute atomic E-state index is 6.24. The number of likely N-dealkylation sites (tertiary alicyclic amines) is 1. The van der Waals surface area contributed by atoms with Crippen LogP contribution in [0, 0.1) is 5.92 Å². The number of benzene rings is 3. The lowest BCUT2D eigenvalue weighted by Crippen LogP contribution is -2.55. The van der Waals surface area contributed by atoms with Gasteiger partial charge in [-0.25, -0.2) is 0 Å². The molecule has 1 saturated heterocycles. The van der Waals surface area contributed by atoms with Crippen molar-refractivity contribution in [2.75, 3.05) is 19.7 Å². The van der Waals surface area contributed by atoms with E-state index in [4.69, 9.17) is 9.47 Å². The minimum absolute atomic E-state index is 0.212. The molecule has 2 aliphatic rings. The van der Waals surface area contributed by atoms with Gasteiger partial charge in [-0.05, 0) is 42.0 Å². The predicted molar refractivity (Wildman–Crippen MR) is 115 cm³/mol. The second-order valence-electron chi connectivity index (χ2n) is 8.15. The van der Waals surface area contributed by atoms with Crippen molar-refractivity contribution in [3.63, 3.8) is 0 Å². The zero-order chi connectivity index (χ0) is 19.5. The summed E-state index contributed by atoms with van der Waals surface area (Å²) in [6.45, 7) is 2.67. The molecule has 0 aromatic heterocycles. The average Bonchev–Trinajstić information content (AvgIpc) is 3.57. The maximum Gasteiger partial charge on any atom is 0.124 e. The van der Waals surface area contributed by atoms with Gasteiger partial charge in [-0.1, -0.05) is 66.7 Å². The molecule has 0 atom stereocenters. The van der Waals surface area contributed by atoms with Crippen LogP contribution in [-0.4, -0.2) is 30.7 Å². The van der Waals surface area contributed by atoms with Gasteiger partial charge in [-0.15, -0.1) is 0 Å². The fourth-order valence-corrected chi connectivity index (χ4v) is 3.97. The van der Waals surface area contributed by atoms with Gasteiger partial charge in [-0.3, -0.25) is 4.90 Å². The molecule has 0 unspecified atom stereocenters. The first kappa shape index (κ1) is 18.3. The summed E-state index contributed by atoms with van der Waals surface area (Å²) in [4.78, 5) is 2.49. The number of hydrogen-bond donors (Lipinski definition) is 0. The Labute approximate surface area is 172 Å². The second-order valence-corrected chi connectivity index (χ2v) is 8.15. The molecule has 3 nitrogen and oxygen atoms in total. The molecule has 3 aromatic rings. The molecule has 0 amide bonds. The van der Waals surface area contributed by atoms with E-state index >= 15 is 0 Å². The molecule has 5 rings (SSSR count). The lowest BCUT2D eigenvalue weighted by atomic mass is 9.94. The summed E-state index contributed by atoms with van der Waals surface area (Å²) in [5.41, 5.74) is 2.65. The summed E-state index contributed by atoms with van der Waals surface area (Å²) in [7, 11) is 0. The van der Waals surface area contributed by atoms with E-state index in [1.807, 2.05) is 24.3 Å². The van der Waals surface area contributed by atoms with Crippen molar-refractivity contribution in [1.29, 1.82) is 0 Å². The largest absolute Gasteiger partial charge is 0.493 e. The first-order valence-corrected chi connectivity index (χ1v) is 10.6. The van der Waals surface area contributed by atoms with Crippen LogP contribution in [0.4, 0.5) is 0 Å². The van der Waals surface area contributed by atoms with E-state index in [0.29, 0.717) is 0 Å². The van der Waals surface area contributed by atoms with Crippen LogP contribution >= 0.6 is 0 Å². The molecule has 3 aromatic carbocycles. The number of ether oxygens (including phenoxy) is 2. The van der Waals surface area contributed by atoms with Gasteiger partial charge in [0.05, 0.1) is 12.6 Å². The summed E-state index contributed by atoms with van der Waals surface area (Å²) < 4.78 is 12.1.